The molecule has 0 saturated heterocycles. The number of nitrogens with zero attached hydrogens (tertiary/aromatic N) is 1. The van der Waals surface area contributed by atoms with Crippen molar-refractivity contribution >= 4 is 17.8 Å². The smallest absolute Gasteiger partial charge is 0.308 e. The topological polar surface area (TPSA) is 63.7 Å². The van der Waals surface area contributed by atoms with Gasteiger partial charge in [-0.2, -0.15) is 0 Å². The summed E-state index contributed by atoms with van der Waals surface area (Å²) < 4.78 is 4.79. The molecule has 1 saturated carbocycles. The van der Waals surface area contributed by atoms with Crippen molar-refractivity contribution in [1.29, 1.82) is 0 Å². The predicted molar refractivity (Wildman–Crippen MR) is 83.7 cm³/mol. The van der Waals surface area contributed by atoms with Gasteiger partial charge in [0.1, 0.15) is 0 Å². The molecule has 1 aliphatic heterocycles. The number of benzene rings is 1. The summed E-state index contributed by atoms with van der Waals surface area (Å²) in [6, 6.07) is 7.30. The molecular weight excluding hydrogens is 294 g/mol. The fraction of sp³-hybridized carbons (Fsp3) is 0.500. The summed E-state index contributed by atoms with van der Waals surface area (Å²) in [6.45, 7) is 0.458. The summed E-state index contributed by atoms with van der Waals surface area (Å²) in [5, 5.41) is 0. The molecular formula is C18H21NO4. The van der Waals surface area contributed by atoms with E-state index in [2.05, 4.69) is 0 Å². The average molecular weight is 315 g/mol. The van der Waals surface area contributed by atoms with E-state index < -0.39 is 0 Å². The molecule has 0 unspecified atom stereocenters. The monoisotopic (exact) mass is 315 g/mol. The Bertz CT molecular complexity index is 632. The molecule has 2 aliphatic rings. The zero-order valence-electron chi connectivity index (χ0n) is 13.3. The largest absolute Gasteiger partial charge is 0.469 e. The number of rotatable bonds is 3. The first-order valence-electron chi connectivity index (χ1n) is 8.10. The molecule has 122 valence electrons. The van der Waals surface area contributed by atoms with E-state index in [0.717, 1.165) is 31.2 Å². The van der Waals surface area contributed by atoms with Gasteiger partial charge in [0.15, 0.2) is 0 Å². The molecule has 0 radical (unpaired) electrons. The molecule has 0 aromatic heterocycles. The Morgan fingerprint density at radius 1 is 1.17 bits per heavy atom. The highest BCUT2D eigenvalue weighted by atomic mass is 16.5. The highest BCUT2D eigenvalue weighted by Gasteiger charge is 2.34. The van der Waals surface area contributed by atoms with E-state index in [0.29, 0.717) is 18.5 Å². The highest BCUT2D eigenvalue weighted by Crippen LogP contribution is 2.31. The van der Waals surface area contributed by atoms with Gasteiger partial charge >= 0.3 is 5.97 Å². The lowest BCUT2D eigenvalue weighted by atomic mass is 9.81. The van der Waals surface area contributed by atoms with Crippen molar-refractivity contribution in [3.63, 3.8) is 0 Å². The third kappa shape index (κ3) is 3.14. The minimum Gasteiger partial charge on any atom is -0.469 e. The van der Waals surface area contributed by atoms with E-state index in [1.54, 1.807) is 6.07 Å². The van der Waals surface area contributed by atoms with Crippen LogP contribution in [0.2, 0.25) is 0 Å². The van der Waals surface area contributed by atoms with Gasteiger partial charge in [-0.25, -0.2) is 0 Å². The van der Waals surface area contributed by atoms with Crippen molar-refractivity contribution in [2.45, 2.75) is 32.1 Å². The van der Waals surface area contributed by atoms with Gasteiger partial charge in [-0.15, -0.1) is 0 Å². The highest BCUT2D eigenvalue weighted by molar-refractivity contribution is 6.09. The molecule has 1 fully saturated rings. The van der Waals surface area contributed by atoms with Crippen LogP contribution in [0.4, 0.5) is 0 Å². The normalized spacial score (nSPS) is 24.3. The summed E-state index contributed by atoms with van der Waals surface area (Å²) in [4.78, 5) is 37.8. The number of fused-ring (bicyclic) bond motifs is 1. The van der Waals surface area contributed by atoms with Crippen LogP contribution in [0.3, 0.4) is 0 Å². The van der Waals surface area contributed by atoms with E-state index in [-0.39, 0.29) is 29.6 Å². The summed E-state index contributed by atoms with van der Waals surface area (Å²) in [7, 11) is 1.41. The Balaban J connectivity index is 1.64. The van der Waals surface area contributed by atoms with Crippen LogP contribution in [0.15, 0.2) is 24.3 Å². The molecule has 0 bridgehead atoms. The fourth-order valence-corrected chi connectivity index (χ4v) is 3.59. The Morgan fingerprint density at radius 3 is 2.57 bits per heavy atom. The summed E-state index contributed by atoms with van der Waals surface area (Å²) in [5.41, 5.74) is 1.45. The lowest BCUT2D eigenvalue weighted by molar-refractivity contribution is -0.147. The lowest BCUT2D eigenvalue weighted by Gasteiger charge is -2.33. The lowest BCUT2D eigenvalue weighted by Crippen LogP contribution is -2.45. The molecule has 2 amide bonds. The van der Waals surface area contributed by atoms with Crippen LogP contribution in [0.1, 0.15) is 41.6 Å². The maximum Gasteiger partial charge on any atom is 0.308 e. The maximum atomic E-state index is 12.6. The van der Waals surface area contributed by atoms with Crippen LogP contribution >= 0.6 is 0 Å². The van der Waals surface area contributed by atoms with Gasteiger partial charge in [0.05, 0.1) is 19.4 Å². The summed E-state index contributed by atoms with van der Waals surface area (Å²) in [5.74, 6) is -0.225. The van der Waals surface area contributed by atoms with Crippen LogP contribution in [0.25, 0.3) is 0 Å². The average Bonchev–Trinajstić information content (AvgIpc) is 2.58. The molecule has 1 aromatic rings. The van der Waals surface area contributed by atoms with Gasteiger partial charge in [0.25, 0.3) is 5.91 Å². The SMILES string of the molecule is COC(=O)C1CCC(CN2C(=O)Cc3ccccc3C2=O)CC1. The number of imide groups is 1. The first-order chi connectivity index (χ1) is 11.1. The zero-order chi connectivity index (χ0) is 16.4. The molecule has 0 N–H and O–H groups in total. The second-order valence-corrected chi connectivity index (χ2v) is 6.38. The van der Waals surface area contributed by atoms with Gasteiger partial charge in [-0.05, 0) is 43.2 Å². The fourth-order valence-electron chi connectivity index (χ4n) is 3.59. The number of carbonyl (C=O) groups excluding carboxylic acids is 3. The zero-order valence-corrected chi connectivity index (χ0v) is 13.3. The van der Waals surface area contributed by atoms with Gasteiger partial charge in [0.2, 0.25) is 5.91 Å². The molecule has 1 aliphatic carbocycles. The van der Waals surface area contributed by atoms with Gasteiger partial charge < -0.3 is 4.74 Å². The van der Waals surface area contributed by atoms with E-state index >= 15 is 0 Å². The van der Waals surface area contributed by atoms with Crippen LogP contribution < -0.4 is 0 Å². The van der Waals surface area contributed by atoms with Gasteiger partial charge in [-0.3, -0.25) is 19.3 Å². The van der Waals surface area contributed by atoms with Crippen LogP contribution in [0, 0.1) is 11.8 Å². The molecule has 0 atom stereocenters. The van der Waals surface area contributed by atoms with Crippen molar-refractivity contribution in [3.8, 4) is 0 Å². The third-order valence-electron chi connectivity index (χ3n) is 4.96. The van der Waals surface area contributed by atoms with Crippen molar-refractivity contribution in [1.82, 2.24) is 4.90 Å². The molecule has 23 heavy (non-hydrogen) atoms. The minimum absolute atomic E-state index is 0.0373. The molecule has 3 rings (SSSR count). The third-order valence-corrected chi connectivity index (χ3v) is 4.96. The van der Waals surface area contributed by atoms with Crippen molar-refractivity contribution in [2.75, 3.05) is 13.7 Å². The molecule has 0 spiro atoms. The van der Waals surface area contributed by atoms with E-state index in [1.165, 1.54) is 12.0 Å². The van der Waals surface area contributed by atoms with E-state index in [9.17, 15) is 14.4 Å². The number of esters is 1. The number of carbonyl (C=O) groups is 3. The van der Waals surface area contributed by atoms with Crippen LogP contribution in [0.5, 0.6) is 0 Å². The maximum absolute atomic E-state index is 12.6. The molecule has 5 heteroatoms. The molecule has 5 nitrogen and oxygen atoms in total. The quantitative estimate of drug-likeness (QED) is 0.633. The summed E-state index contributed by atoms with van der Waals surface area (Å²) in [6.07, 6.45) is 3.52. The predicted octanol–water partition coefficient (Wildman–Crippen LogP) is 2.19. The number of hydrogen-bond donors (Lipinski definition) is 0. The Labute approximate surface area is 135 Å². The van der Waals surface area contributed by atoms with Crippen molar-refractivity contribution < 1.29 is 19.1 Å². The van der Waals surface area contributed by atoms with Crippen LogP contribution in [-0.4, -0.2) is 36.3 Å². The number of amides is 2. The van der Waals surface area contributed by atoms with Crippen molar-refractivity contribution in [3.05, 3.63) is 35.4 Å². The molecule has 1 aromatic carbocycles. The first kappa shape index (κ1) is 15.7. The second-order valence-electron chi connectivity index (χ2n) is 6.38. The Morgan fingerprint density at radius 2 is 1.87 bits per heavy atom. The summed E-state index contributed by atoms with van der Waals surface area (Å²) >= 11 is 0. The van der Waals surface area contributed by atoms with E-state index in [4.69, 9.17) is 4.74 Å². The Hall–Kier alpha value is -2.17. The number of methoxy groups -OCH3 is 1. The van der Waals surface area contributed by atoms with E-state index in [1.807, 2.05) is 18.2 Å². The van der Waals surface area contributed by atoms with Gasteiger partial charge in [0, 0.05) is 12.1 Å². The number of hydrogen-bond acceptors (Lipinski definition) is 4. The first-order valence-corrected chi connectivity index (χ1v) is 8.10. The standard InChI is InChI=1S/C18H21NO4/c1-23-18(22)13-8-6-12(7-9-13)11-19-16(20)10-14-4-2-3-5-15(14)17(19)21/h2-5,12-13H,6-11H2,1H3. The van der Waals surface area contributed by atoms with Gasteiger partial charge in [-0.1, -0.05) is 18.2 Å². The van der Waals surface area contributed by atoms with Crippen LogP contribution in [-0.2, 0) is 20.7 Å². The van der Waals surface area contributed by atoms with Crippen molar-refractivity contribution in [2.24, 2.45) is 11.8 Å². The Kier molecular flexibility index (Phi) is 4.46. The second kappa shape index (κ2) is 6.52. The number of ether oxygens (including phenoxy) is 1. The molecule has 1 heterocycles. The minimum atomic E-state index is -0.188.